The number of hydrogen-bond donors (Lipinski definition) is 18. The molecule has 1 aliphatic rings. The summed E-state index contributed by atoms with van der Waals surface area (Å²) in [5, 5.41) is 49.5. The molecule has 0 aromatic heterocycles. The largest absolute Gasteiger partial charge is 0.391 e. The van der Waals surface area contributed by atoms with Crippen LogP contribution in [-0.2, 0) is 59.2 Å². The number of nitrogens with two attached hydrogens (primary N) is 5. The lowest BCUT2D eigenvalue weighted by Gasteiger charge is -2.29. The lowest BCUT2D eigenvalue weighted by atomic mass is 10.00. The molecule has 2 rings (SSSR count). The number of carbonyl (C=O) groups is 11. The lowest BCUT2D eigenvalue weighted by molar-refractivity contribution is -0.136. The van der Waals surface area contributed by atoms with Gasteiger partial charge in [-0.1, -0.05) is 79.6 Å². The van der Waals surface area contributed by atoms with Crippen LogP contribution in [0.4, 0.5) is 0 Å². The third-order valence-electron chi connectivity index (χ3n) is 13.0. The van der Waals surface area contributed by atoms with Crippen molar-refractivity contribution < 1.29 is 63.0 Å². The highest BCUT2D eigenvalue weighted by Crippen LogP contribution is 2.24. The van der Waals surface area contributed by atoms with E-state index in [4.69, 9.17) is 28.7 Å². The summed E-state index contributed by atoms with van der Waals surface area (Å²) in [5.74, 6) is -8.97. The van der Waals surface area contributed by atoms with E-state index in [1.54, 1.807) is 44.2 Å². The van der Waals surface area contributed by atoms with E-state index in [1.165, 1.54) is 35.4 Å². The van der Waals surface area contributed by atoms with Gasteiger partial charge in [0.2, 0.25) is 65.0 Å². The number of carbonyl (C=O) groups excluding carboxylic acids is 11. The van der Waals surface area contributed by atoms with Crippen molar-refractivity contribution in [2.24, 2.45) is 40.5 Å². The van der Waals surface area contributed by atoms with Crippen molar-refractivity contribution in [1.82, 2.24) is 58.5 Å². The van der Waals surface area contributed by atoms with E-state index >= 15 is 0 Å². The average Bonchev–Trinajstić information content (AvgIpc) is 3.59. The molecule has 84 heavy (non-hydrogen) atoms. The van der Waals surface area contributed by atoms with Gasteiger partial charge in [-0.3, -0.25) is 52.7 Å². The van der Waals surface area contributed by atoms with Gasteiger partial charge >= 0.3 is 0 Å². The Morgan fingerprint density at radius 3 is 1.61 bits per heavy atom. The van der Waals surface area contributed by atoms with Gasteiger partial charge in [0.05, 0.1) is 18.8 Å². The topological polar surface area (TPSA) is 491 Å². The SMILES string of the molecule is CC(C)CCSSC[C@@H](NC(=O)CN)C(=O)N[C@H](C(=O)N[C@@H](CCN)C(=O)N[C@H]1CCNC(=O)[C@H]([C@@H](C)O)NC(=O)[C@H](CCN)NC(=O)[C@H](CCN)NC(=O)[C@H](CC(C)C)NC(=O)[C@@H](Cc2ccccc2)NC(=O)[C@H](CCN)NC1=O)[C@@H](C)O. The zero-order chi connectivity index (χ0) is 63.1. The van der Waals surface area contributed by atoms with Crippen molar-refractivity contribution in [1.29, 1.82) is 0 Å². The number of amides is 11. The van der Waals surface area contributed by atoms with Gasteiger partial charge in [0.25, 0.3) is 0 Å². The Labute approximate surface area is 498 Å². The highest BCUT2D eigenvalue weighted by molar-refractivity contribution is 8.76. The molecule has 11 amide bonds. The molecule has 0 aliphatic carbocycles. The molecular formula is C53H92N16O13S2. The summed E-state index contributed by atoms with van der Waals surface area (Å²) < 4.78 is 0. The monoisotopic (exact) mass is 1220 g/mol. The van der Waals surface area contributed by atoms with Crippen LogP contribution < -0.4 is 87.2 Å². The first-order valence-corrected chi connectivity index (χ1v) is 30.7. The number of rotatable bonds is 28. The van der Waals surface area contributed by atoms with Crippen LogP contribution in [0.3, 0.4) is 0 Å². The Hall–Kier alpha value is -6.19. The van der Waals surface area contributed by atoms with E-state index in [0.29, 0.717) is 11.5 Å². The molecule has 0 spiro atoms. The van der Waals surface area contributed by atoms with Gasteiger partial charge in [0.15, 0.2) is 0 Å². The minimum Gasteiger partial charge on any atom is -0.391 e. The van der Waals surface area contributed by atoms with Crippen molar-refractivity contribution in [2.45, 2.75) is 166 Å². The Balaban J connectivity index is 2.71. The van der Waals surface area contributed by atoms with Crippen LogP contribution in [0.1, 0.15) is 92.1 Å². The molecule has 29 nitrogen and oxygen atoms in total. The lowest BCUT2D eigenvalue weighted by Crippen LogP contribution is -2.62. The zero-order valence-corrected chi connectivity index (χ0v) is 50.5. The third kappa shape index (κ3) is 26.8. The number of hydrogen-bond acceptors (Lipinski definition) is 20. The normalized spacial score (nSPS) is 22.7. The van der Waals surface area contributed by atoms with Crippen LogP contribution in [0, 0.1) is 11.8 Å². The number of benzene rings is 1. The molecular weight excluding hydrogens is 1130 g/mol. The van der Waals surface area contributed by atoms with E-state index in [1.807, 2.05) is 0 Å². The first-order valence-electron chi connectivity index (χ1n) is 28.3. The summed E-state index contributed by atoms with van der Waals surface area (Å²) in [7, 11) is 2.78. The molecule has 0 radical (unpaired) electrons. The van der Waals surface area contributed by atoms with Crippen LogP contribution in [0.2, 0.25) is 0 Å². The van der Waals surface area contributed by atoms with Gasteiger partial charge in [0, 0.05) is 24.5 Å². The van der Waals surface area contributed by atoms with Crippen LogP contribution in [-0.4, -0.2) is 199 Å². The molecule has 1 aliphatic heterocycles. The van der Waals surface area contributed by atoms with Gasteiger partial charge in [-0.25, -0.2) is 0 Å². The second-order valence-corrected chi connectivity index (χ2v) is 23.8. The van der Waals surface area contributed by atoms with Gasteiger partial charge in [0.1, 0.15) is 60.4 Å². The maximum absolute atomic E-state index is 14.5. The summed E-state index contributed by atoms with van der Waals surface area (Å²) in [4.78, 5) is 153. The Bertz CT molecular complexity index is 2310. The predicted octanol–water partition coefficient (Wildman–Crippen LogP) is -5.81. The summed E-state index contributed by atoms with van der Waals surface area (Å²) >= 11 is 0. The molecule has 0 unspecified atom stereocenters. The highest BCUT2D eigenvalue weighted by Gasteiger charge is 2.37. The van der Waals surface area contributed by atoms with Crippen molar-refractivity contribution in [2.75, 3.05) is 50.8 Å². The van der Waals surface area contributed by atoms with Gasteiger partial charge in [-0.2, -0.15) is 0 Å². The molecule has 1 heterocycles. The molecule has 12 atom stereocenters. The van der Waals surface area contributed by atoms with Crippen LogP contribution in [0.15, 0.2) is 30.3 Å². The average molecular weight is 1230 g/mol. The van der Waals surface area contributed by atoms with E-state index in [9.17, 15) is 63.0 Å². The van der Waals surface area contributed by atoms with E-state index in [2.05, 4.69) is 72.3 Å². The summed E-state index contributed by atoms with van der Waals surface area (Å²) in [6, 6.07) is -6.27. The van der Waals surface area contributed by atoms with Crippen LogP contribution in [0.5, 0.6) is 0 Å². The number of nitrogens with one attached hydrogen (secondary N) is 11. The molecule has 0 bridgehead atoms. The summed E-state index contributed by atoms with van der Waals surface area (Å²) in [6.07, 6.45) is -3.61. The highest BCUT2D eigenvalue weighted by atomic mass is 33.1. The summed E-state index contributed by atoms with van der Waals surface area (Å²) in [5.41, 5.74) is 29.7. The van der Waals surface area contributed by atoms with Crippen molar-refractivity contribution >= 4 is 86.6 Å². The summed E-state index contributed by atoms with van der Waals surface area (Å²) in [6.45, 7) is 8.49. The van der Waals surface area contributed by atoms with Crippen molar-refractivity contribution in [3.05, 3.63) is 35.9 Å². The number of aliphatic hydroxyl groups is 2. The second kappa shape index (κ2) is 39.4. The minimum atomic E-state index is -1.71. The maximum atomic E-state index is 14.5. The fourth-order valence-corrected chi connectivity index (χ4v) is 10.8. The van der Waals surface area contributed by atoms with Gasteiger partial charge in [-0.15, -0.1) is 0 Å². The standard InChI is InChI=1S/C53H92N16O13S2/c1-28(2)17-23-83-84-27-40(60-41(72)26-58)51(80)69-43(31(6)71)53(82)65-35(14-20-56)45(74)64-37-16-22-59-52(81)42(30(5)70)68-48(77)36(15-21-57)62-44(73)33(12-18-54)63-49(78)38(24-29(3)4)66-50(79)39(25-32-10-8-7-9-11-32)67-46(75)34(13-19-55)61-47(37)76/h7-11,28-31,33-40,42-43,70-71H,12-27,54-58H2,1-6H3,(H,59,81)(H,60,72)(H,61,76)(H,62,73)(H,63,78)(H,64,74)(H,65,82)(H,66,79)(H,67,75)(H,68,77)(H,69,80)/t30-,31-,33+,34+,35+,36+,37+,38+,39-,40-,42+,43+/m1/s1. The van der Waals surface area contributed by atoms with Crippen LogP contribution in [0.25, 0.3) is 0 Å². The predicted molar refractivity (Wildman–Crippen MR) is 318 cm³/mol. The molecule has 31 heteroatoms. The maximum Gasteiger partial charge on any atom is 0.245 e. The minimum absolute atomic E-state index is 0.0441. The molecule has 1 aromatic rings. The Morgan fingerprint density at radius 1 is 0.571 bits per heavy atom. The van der Waals surface area contributed by atoms with Crippen molar-refractivity contribution in [3.63, 3.8) is 0 Å². The Morgan fingerprint density at radius 2 is 1.10 bits per heavy atom. The van der Waals surface area contributed by atoms with Crippen molar-refractivity contribution in [3.8, 4) is 0 Å². The molecule has 1 aromatic carbocycles. The van der Waals surface area contributed by atoms with E-state index < -0.39 is 157 Å². The quantitative estimate of drug-likeness (QED) is 0.0274. The molecule has 1 saturated heterocycles. The number of aliphatic hydroxyl groups excluding tert-OH is 2. The van der Waals surface area contributed by atoms with E-state index in [0.717, 1.165) is 12.2 Å². The van der Waals surface area contributed by atoms with E-state index in [-0.39, 0.29) is 76.4 Å². The van der Waals surface area contributed by atoms with Gasteiger partial charge < -0.3 is 97.4 Å². The fraction of sp³-hybridized carbons (Fsp3) is 0.679. The molecule has 474 valence electrons. The molecule has 0 saturated carbocycles. The first kappa shape index (κ1) is 73.9. The fourth-order valence-electron chi connectivity index (χ4n) is 8.33. The Kier molecular flexibility index (Phi) is 34.7. The second-order valence-electron chi connectivity index (χ2n) is 21.2. The smallest absolute Gasteiger partial charge is 0.245 e. The first-order chi connectivity index (χ1) is 39.8. The van der Waals surface area contributed by atoms with Gasteiger partial charge in [-0.05, 0) is 102 Å². The third-order valence-corrected chi connectivity index (χ3v) is 15.5. The molecule has 1 fully saturated rings. The zero-order valence-electron chi connectivity index (χ0n) is 48.9. The van der Waals surface area contributed by atoms with Crippen LogP contribution >= 0.6 is 21.6 Å². The molecule has 23 N–H and O–H groups in total.